The molecule has 0 atom stereocenters. The molecule has 47 heavy (non-hydrogen) atoms. The van der Waals surface area contributed by atoms with Crippen molar-refractivity contribution in [2.45, 2.75) is 13.1 Å². The zero-order chi connectivity index (χ0) is 31.3. The van der Waals surface area contributed by atoms with Gasteiger partial charge in [-0.3, -0.25) is 0 Å². The number of furan rings is 1. The van der Waals surface area contributed by atoms with E-state index in [4.69, 9.17) is 14.4 Å². The van der Waals surface area contributed by atoms with E-state index in [0.717, 1.165) is 67.0 Å². The molecule has 10 rings (SSSR count). The van der Waals surface area contributed by atoms with Crippen LogP contribution in [0, 0.1) is 0 Å². The van der Waals surface area contributed by atoms with Crippen molar-refractivity contribution >= 4 is 62.2 Å². The van der Waals surface area contributed by atoms with E-state index in [2.05, 4.69) is 145 Å². The highest BCUT2D eigenvalue weighted by atomic mass is 28.3. The van der Waals surface area contributed by atoms with Crippen LogP contribution in [-0.2, 0) is 0 Å². The minimum atomic E-state index is -2.05. The van der Waals surface area contributed by atoms with Gasteiger partial charge < -0.3 is 8.98 Å². The van der Waals surface area contributed by atoms with E-state index >= 15 is 0 Å². The third kappa shape index (κ3) is 3.69. The maximum absolute atomic E-state index is 6.40. The van der Waals surface area contributed by atoms with Crippen molar-refractivity contribution < 1.29 is 4.42 Å². The van der Waals surface area contributed by atoms with Crippen molar-refractivity contribution in [2.75, 3.05) is 0 Å². The fourth-order valence-electron chi connectivity index (χ4n) is 7.85. The molecule has 1 aliphatic rings. The van der Waals surface area contributed by atoms with E-state index in [1.54, 1.807) is 0 Å². The van der Waals surface area contributed by atoms with E-state index in [1.807, 2.05) is 12.1 Å². The lowest BCUT2D eigenvalue weighted by atomic mass is 10.1. The smallest absolute Gasteiger partial charge is 0.162 e. The molecular weight excluding hydrogens is 591 g/mol. The Morgan fingerprint density at radius 1 is 0.532 bits per heavy atom. The van der Waals surface area contributed by atoms with Crippen LogP contribution < -0.4 is 10.4 Å². The predicted octanol–water partition coefficient (Wildman–Crippen LogP) is 9.61. The Kier molecular flexibility index (Phi) is 5.41. The van der Waals surface area contributed by atoms with E-state index in [-0.39, 0.29) is 0 Å². The molecule has 1 aliphatic heterocycles. The summed E-state index contributed by atoms with van der Waals surface area (Å²) in [5.74, 6) is 0.732. The first-order valence-electron chi connectivity index (χ1n) is 16.1. The topological polar surface area (TPSA) is 43.9 Å². The second-order valence-corrected chi connectivity index (χ2v) is 17.3. The number of para-hydroxylation sites is 3. The van der Waals surface area contributed by atoms with Gasteiger partial charge in [0.2, 0.25) is 0 Å². The van der Waals surface area contributed by atoms with Crippen molar-refractivity contribution in [3.05, 3.63) is 140 Å². The molecule has 0 amide bonds. The van der Waals surface area contributed by atoms with Gasteiger partial charge in [-0.05, 0) is 46.3 Å². The summed E-state index contributed by atoms with van der Waals surface area (Å²) >= 11 is 0. The summed E-state index contributed by atoms with van der Waals surface area (Å²) in [4.78, 5) is 10.9. The summed E-state index contributed by atoms with van der Waals surface area (Å²) in [5, 5.41) is 7.39. The molecule has 9 aromatic rings. The summed E-state index contributed by atoms with van der Waals surface area (Å²) in [6.07, 6.45) is 0. The van der Waals surface area contributed by atoms with Gasteiger partial charge in [-0.2, -0.15) is 0 Å². The first-order valence-corrected chi connectivity index (χ1v) is 19.1. The van der Waals surface area contributed by atoms with Crippen LogP contribution in [-0.4, -0.2) is 22.6 Å². The van der Waals surface area contributed by atoms with E-state index in [0.29, 0.717) is 0 Å². The molecule has 0 N–H and O–H groups in total. The number of hydrogen-bond acceptors (Lipinski definition) is 3. The first kappa shape index (κ1) is 26.4. The minimum Gasteiger partial charge on any atom is -0.456 e. The predicted molar refractivity (Wildman–Crippen MR) is 197 cm³/mol. The molecule has 0 spiro atoms. The van der Waals surface area contributed by atoms with Crippen LogP contribution in [0.25, 0.3) is 83.3 Å². The minimum absolute atomic E-state index is 0.732. The van der Waals surface area contributed by atoms with Gasteiger partial charge in [0.25, 0.3) is 0 Å². The SMILES string of the molecule is C[Si]1(C)c2ccccc2-c2nc(-c3ccccc3-n3c4ccccc4c4cc5c(cc43)oc3ccccc35)nc(-c3ccccc3)c21. The van der Waals surface area contributed by atoms with E-state index < -0.39 is 8.07 Å². The van der Waals surface area contributed by atoms with Crippen LogP contribution in [0.4, 0.5) is 0 Å². The number of nitrogens with zero attached hydrogens (tertiary/aromatic N) is 3. The third-order valence-corrected chi connectivity index (χ3v) is 13.5. The third-order valence-electron chi connectivity index (χ3n) is 9.99. The standard InChI is InChI=1S/C42H29N3OSi/c1-47(2)38-23-13-9-19-30(38)40-41(47)39(26-14-4-3-5-15-26)43-42(44-40)29-18-7-11-21-34(29)45-33-20-10-6-16-27(33)31-24-32-28-17-8-12-22-36(28)46-37(32)25-35(31)45/h3-25H,1-2H3. The zero-order valence-electron chi connectivity index (χ0n) is 26.0. The Morgan fingerprint density at radius 2 is 1.21 bits per heavy atom. The molecule has 3 aromatic heterocycles. The lowest BCUT2D eigenvalue weighted by Gasteiger charge is -2.22. The van der Waals surface area contributed by atoms with E-state index in [1.165, 1.54) is 26.7 Å². The Morgan fingerprint density at radius 3 is 2.09 bits per heavy atom. The highest BCUT2D eigenvalue weighted by Gasteiger charge is 2.41. The molecule has 0 fully saturated rings. The second-order valence-electron chi connectivity index (χ2n) is 13.0. The highest BCUT2D eigenvalue weighted by Crippen LogP contribution is 2.41. The molecule has 4 heterocycles. The summed E-state index contributed by atoms with van der Waals surface area (Å²) in [6.45, 7) is 4.86. The van der Waals surface area contributed by atoms with Crippen LogP contribution in [0.15, 0.2) is 144 Å². The lowest BCUT2D eigenvalue weighted by molar-refractivity contribution is 0.669. The van der Waals surface area contributed by atoms with Gasteiger partial charge >= 0.3 is 0 Å². The van der Waals surface area contributed by atoms with Crippen molar-refractivity contribution in [3.8, 4) is 39.6 Å². The van der Waals surface area contributed by atoms with Crippen LogP contribution in [0.2, 0.25) is 13.1 Å². The molecule has 222 valence electrons. The Bertz CT molecular complexity index is 2720. The van der Waals surface area contributed by atoms with Gasteiger partial charge in [0.1, 0.15) is 19.2 Å². The van der Waals surface area contributed by atoms with Crippen molar-refractivity contribution in [1.29, 1.82) is 0 Å². The summed E-state index contributed by atoms with van der Waals surface area (Å²) in [5.41, 5.74) is 10.5. The molecule has 0 saturated carbocycles. The second kappa shape index (κ2) is 9.61. The largest absolute Gasteiger partial charge is 0.456 e. The highest BCUT2D eigenvalue weighted by molar-refractivity contribution is 7.04. The summed E-state index contributed by atoms with van der Waals surface area (Å²) in [7, 11) is -2.05. The Balaban J connectivity index is 1.29. The number of rotatable bonds is 3. The fraction of sp³-hybridized carbons (Fsp3) is 0.0476. The van der Waals surface area contributed by atoms with E-state index in [9.17, 15) is 0 Å². The molecule has 0 bridgehead atoms. The fourth-order valence-corrected chi connectivity index (χ4v) is 11.1. The van der Waals surface area contributed by atoms with Crippen LogP contribution in [0.5, 0.6) is 0 Å². The molecule has 0 saturated heterocycles. The molecule has 0 aliphatic carbocycles. The van der Waals surface area contributed by atoms with Gasteiger partial charge in [0, 0.05) is 38.7 Å². The van der Waals surface area contributed by atoms with Gasteiger partial charge in [-0.1, -0.05) is 116 Å². The van der Waals surface area contributed by atoms with Crippen LogP contribution >= 0.6 is 0 Å². The van der Waals surface area contributed by atoms with Crippen LogP contribution in [0.3, 0.4) is 0 Å². The zero-order valence-corrected chi connectivity index (χ0v) is 27.0. The quantitative estimate of drug-likeness (QED) is 0.185. The Labute approximate surface area is 272 Å². The molecule has 6 aromatic carbocycles. The van der Waals surface area contributed by atoms with Crippen molar-refractivity contribution in [2.24, 2.45) is 0 Å². The maximum atomic E-state index is 6.40. The molecule has 5 heteroatoms. The van der Waals surface area contributed by atoms with Crippen molar-refractivity contribution in [3.63, 3.8) is 0 Å². The summed E-state index contributed by atoms with van der Waals surface area (Å²) < 4.78 is 8.76. The molecule has 0 unspecified atom stereocenters. The monoisotopic (exact) mass is 619 g/mol. The van der Waals surface area contributed by atoms with Crippen molar-refractivity contribution in [1.82, 2.24) is 14.5 Å². The number of hydrogen-bond donors (Lipinski definition) is 0. The lowest BCUT2D eigenvalue weighted by Crippen LogP contribution is -2.50. The molecular formula is C42H29N3OSi. The van der Waals surface area contributed by atoms with Gasteiger partial charge in [-0.15, -0.1) is 0 Å². The first-order chi connectivity index (χ1) is 23.1. The molecule has 4 nitrogen and oxygen atoms in total. The summed E-state index contributed by atoms with van der Waals surface area (Å²) in [6, 6.07) is 49.4. The average molecular weight is 620 g/mol. The number of fused-ring (bicyclic) bond motifs is 9. The average Bonchev–Trinajstić information content (AvgIpc) is 3.72. The van der Waals surface area contributed by atoms with Gasteiger partial charge in [0.05, 0.1) is 28.1 Å². The normalized spacial score (nSPS) is 13.5. The van der Waals surface area contributed by atoms with Crippen LogP contribution in [0.1, 0.15) is 0 Å². The van der Waals surface area contributed by atoms with Gasteiger partial charge in [0.15, 0.2) is 5.82 Å². The number of aromatic nitrogens is 3. The van der Waals surface area contributed by atoms with Gasteiger partial charge in [-0.25, -0.2) is 9.97 Å². The maximum Gasteiger partial charge on any atom is 0.162 e. The number of benzene rings is 6. The Hall–Kier alpha value is -5.78. The molecule has 0 radical (unpaired) electrons.